The van der Waals surface area contributed by atoms with E-state index < -0.39 is 0 Å². The maximum atomic E-state index is 5.77. The molecule has 70 valence electrons. The largest absolute Gasteiger partial charge is 0.390 e. The first-order chi connectivity index (χ1) is 6.29. The molecule has 0 aliphatic rings. The van der Waals surface area contributed by atoms with Gasteiger partial charge in [0.1, 0.15) is 0 Å². The number of thiophene rings is 1. The van der Waals surface area contributed by atoms with Crippen molar-refractivity contribution in [2.24, 2.45) is 0 Å². The monoisotopic (exact) mass is 193 g/mol. The summed E-state index contributed by atoms with van der Waals surface area (Å²) < 4.78 is 1.28. The fraction of sp³-hybridized carbons (Fsp3) is 0.273. The number of hydrogen-bond acceptors (Lipinski definition) is 2. The highest BCUT2D eigenvalue weighted by atomic mass is 32.1. The smallest absolute Gasteiger partial charge is 0.0898 e. The summed E-state index contributed by atoms with van der Waals surface area (Å²) in [7, 11) is 0. The molecule has 0 bridgehead atoms. The van der Waals surface area contributed by atoms with Gasteiger partial charge in [0, 0.05) is 4.70 Å². The lowest BCUT2D eigenvalue weighted by Crippen LogP contribution is -1.79. The fourth-order valence-corrected chi connectivity index (χ4v) is 2.17. The summed E-state index contributed by atoms with van der Waals surface area (Å²) in [5.41, 5.74) is 6.98. The van der Waals surface area contributed by atoms with Crippen LogP contribution in [0, 0.1) is 6.92 Å². The van der Waals surface area contributed by atoms with Gasteiger partial charge in [-0.15, -0.1) is 11.3 Å². The lowest BCUT2D eigenvalue weighted by atomic mass is 10.2. The molecule has 1 aromatic heterocycles. The molecule has 0 aliphatic carbocycles. The molecule has 13 heavy (non-hydrogen) atoms. The van der Waals surface area contributed by atoms with Gasteiger partial charge in [0.05, 0.1) is 5.00 Å². The Morgan fingerprint density at radius 2 is 1.77 bits per heavy atom. The van der Waals surface area contributed by atoms with Gasteiger partial charge in [-0.05, 0) is 23.9 Å². The van der Waals surface area contributed by atoms with Crippen molar-refractivity contribution in [1.29, 1.82) is 0 Å². The molecule has 0 saturated heterocycles. The minimum Gasteiger partial charge on any atom is -0.390 e. The second-order valence-electron chi connectivity index (χ2n) is 2.59. The van der Waals surface area contributed by atoms with E-state index >= 15 is 0 Å². The van der Waals surface area contributed by atoms with Crippen molar-refractivity contribution in [2.45, 2.75) is 20.8 Å². The number of nitrogen functional groups attached to an aromatic ring is 1. The Kier molecular flexibility index (Phi) is 3.32. The Morgan fingerprint density at radius 1 is 1.15 bits per heavy atom. The highest BCUT2D eigenvalue weighted by molar-refractivity contribution is 7.22. The van der Waals surface area contributed by atoms with E-state index in [0.717, 1.165) is 5.00 Å². The highest BCUT2D eigenvalue weighted by Crippen LogP contribution is 2.31. The summed E-state index contributed by atoms with van der Waals surface area (Å²) in [6.45, 7) is 6.06. The van der Waals surface area contributed by atoms with Gasteiger partial charge in [0.15, 0.2) is 0 Å². The fourth-order valence-electron chi connectivity index (χ4n) is 1.19. The van der Waals surface area contributed by atoms with E-state index in [-0.39, 0.29) is 0 Å². The number of nitrogens with two attached hydrogens (primary N) is 1. The molecule has 0 unspecified atom stereocenters. The Hall–Kier alpha value is -1.02. The van der Waals surface area contributed by atoms with Crippen LogP contribution in [-0.2, 0) is 0 Å². The number of aryl methyl sites for hydroxylation is 1. The Balaban J connectivity index is 0.000000396. The van der Waals surface area contributed by atoms with E-state index in [9.17, 15) is 0 Å². The normalized spacial score (nSPS) is 9.46. The van der Waals surface area contributed by atoms with Crippen LogP contribution in [0.15, 0.2) is 24.3 Å². The third kappa shape index (κ3) is 1.83. The minimum absolute atomic E-state index is 0.936. The van der Waals surface area contributed by atoms with Crippen molar-refractivity contribution in [3.63, 3.8) is 0 Å². The van der Waals surface area contributed by atoms with Gasteiger partial charge in [0.2, 0.25) is 0 Å². The highest BCUT2D eigenvalue weighted by Gasteiger charge is 2.02. The van der Waals surface area contributed by atoms with Crippen LogP contribution in [-0.4, -0.2) is 0 Å². The van der Waals surface area contributed by atoms with Gasteiger partial charge in [-0.25, -0.2) is 0 Å². The molecule has 1 aromatic carbocycles. The van der Waals surface area contributed by atoms with E-state index in [1.165, 1.54) is 15.6 Å². The van der Waals surface area contributed by atoms with Crippen molar-refractivity contribution in [3.8, 4) is 0 Å². The van der Waals surface area contributed by atoms with Crippen LogP contribution in [0.5, 0.6) is 0 Å². The molecule has 0 atom stereocenters. The SMILES string of the molecule is CC.Cc1c(N)sc2ccccc12. The van der Waals surface area contributed by atoms with Crippen LogP contribution < -0.4 is 5.73 Å². The topological polar surface area (TPSA) is 26.0 Å². The zero-order valence-electron chi connectivity index (χ0n) is 8.29. The Bertz CT molecular complexity index is 390. The van der Waals surface area contributed by atoms with Crippen LogP contribution in [0.1, 0.15) is 19.4 Å². The number of benzene rings is 1. The predicted molar refractivity (Wildman–Crippen MR) is 62.3 cm³/mol. The van der Waals surface area contributed by atoms with Crippen molar-refractivity contribution < 1.29 is 0 Å². The second-order valence-corrected chi connectivity index (χ2v) is 3.67. The molecule has 1 heterocycles. The van der Waals surface area contributed by atoms with E-state index in [0.29, 0.717) is 0 Å². The van der Waals surface area contributed by atoms with Gasteiger partial charge < -0.3 is 5.73 Å². The van der Waals surface area contributed by atoms with Gasteiger partial charge in [-0.2, -0.15) is 0 Å². The van der Waals surface area contributed by atoms with Crippen molar-refractivity contribution >= 4 is 26.4 Å². The van der Waals surface area contributed by atoms with E-state index in [1.807, 2.05) is 26.0 Å². The first-order valence-corrected chi connectivity index (χ1v) is 5.34. The molecule has 2 N–H and O–H groups in total. The number of fused-ring (bicyclic) bond motifs is 1. The molecule has 0 aliphatic heterocycles. The van der Waals surface area contributed by atoms with Crippen molar-refractivity contribution in [1.82, 2.24) is 0 Å². The first-order valence-electron chi connectivity index (χ1n) is 4.52. The van der Waals surface area contributed by atoms with Gasteiger partial charge in [-0.3, -0.25) is 0 Å². The quantitative estimate of drug-likeness (QED) is 0.676. The first kappa shape index (κ1) is 10.1. The van der Waals surface area contributed by atoms with E-state index in [4.69, 9.17) is 5.73 Å². The number of rotatable bonds is 0. The maximum Gasteiger partial charge on any atom is 0.0898 e. The summed E-state index contributed by atoms with van der Waals surface area (Å²) in [5, 5.41) is 2.22. The minimum atomic E-state index is 0.936. The summed E-state index contributed by atoms with van der Waals surface area (Å²) in [6, 6.07) is 8.29. The molecule has 0 radical (unpaired) electrons. The maximum absolute atomic E-state index is 5.77. The van der Waals surface area contributed by atoms with Crippen LogP contribution >= 0.6 is 11.3 Å². The zero-order valence-corrected chi connectivity index (χ0v) is 9.11. The molecule has 1 nitrogen and oxygen atoms in total. The second kappa shape index (κ2) is 4.28. The predicted octanol–water partition coefficient (Wildman–Crippen LogP) is 3.82. The van der Waals surface area contributed by atoms with E-state index in [2.05, 4.69) is 19.1 Å². The standard InChI is InChI=1S/C9H9NS.C2H6/c1-6-7-4-2-3-5-8(7)11-9(6)10;1-2/h2-5H,10H2,1H3;1-2H3. The molecule has 2 aromatic rings. The van der Waals surface area contributed by atoms with Gasteiger partial charge in [-0.1, -0.05) is 32.0 Å². The summed E-state index contributed by atoms with van der Waals surface area (Å²) in [5.74, 6) is 0. The molecule has 0 fully saturated rings. The molecule has 0 amide bonds. The molecule has 2 rings (SSSR count). The Labute approximate surface area is 83.2 Å². The van der Waals surface area contributed by atoms with Crippen LogP contribution in [0.3, 0.4) is 0 Å². The van der Waals surface area contributed by atoms with Crippen molar-refractivity contribution in [3.05, 3.63) is 29.8 Å². The Morgan fingerprint density at radius 3 is 2.38 bits per heavy atom. The van der Waals surface area contributed by atoms with Crippen LogP contribution in [0.25, 0.3) is 10.1 Å². The molecular weight excluding hydrogens is 178 g/mol. The molecule has 0 spiro atoms. The van der Waals surface area contributed by atoms with Crippen molar-refractivity contribution in [2.75, 3.05) is 5.73 Å². The molecular formula is C11H15NS. The van der Waals surface area contributed by atoms with Crippen LogP contribution in [0.2, 0.25) is 0 Å². The average molecular weight is 193 g/mol. The lowest BCUT2D eigenvalue weighted by molar-refractivity contribution is 1.50. The number of anilines is 1. The summed E-state index contributed by atoms with van der Waals surface area (Å²) in [4.78, 5) is 0. The third-order valence-corrected chi connectivity index (χ3v) is 2.98. The summed E-state index contributed by atoms with van der Waals surface area (Å²) in [6.07, 6.45) is 0. The number of hydrogen-bond donors (Lipinski definition) is 1. The van der Waals surface area contributed by atoms with Crippen LogP contribution in [0.4, 0.5) is 5.00 Å². The third-order valence-electron chi connectivity index (χ3n) is 1.88. The lowest BCUT2D eigenvalue weighted by Gasteiger charge is -1.88. The zero-order chi connectivity index (χ0) is 9.84. The molecule has 2 heteroatoms. The average Bonchev–Trinajstić information content (AvgIpc) is 2.47. The molecule has 0 saturated carbocycles. The summed E-state index contributed by atoms with van der Waals surface area (Å²) >= 11 is 1.66. The van der Waals surface area contributed by atoms with Gasteiger partial charge >= 0.3 is 0 Å². The van der Waals surface area contributed by atoms with E-state index in [1.54, 1.807) is 11.3 Å². The van der Waals surface area contributed by atoms with Gasteiger partial charge in [0.25, 0.3) is 0 Å².